The molecule has 3 aromatic carbocycles. The lowest BCUT2D eigenvalue weighted by molar-refractivity contribution is -0.123. The zero-order valence-electron chi connectivity index (χ0n) is 24.4. The van der Waals surface area contributed by atoms with Gasteiger partial charge in [0, 0.05) is 37.3 Å². The van der Waals surface area contributed by atoms with Crippen molar-refractivity contribution in [3.8, 4) is 5.75 Å². The van der Waals surface area contributed by atoms with Gasteiger partial charge in [-0.1, -0.05) is 52.7 Å². The number of fused-ring (bicyclic) bond motifs is 9. The molecule has 12 heteroatoms. The number of thiazole rings is 1. The third-order valence-corrected chi connectivity index (χ3v) is 13.0. The predicted octanol–water partition coefficient (Wildman–Crippen LogP) is 6.75. The van der Waals surface area contributed by atoms with E-state index in [9.17, 15) is 19.2 Å². The molecule has 4 unspecified atom stereocenters. The average Bonchev–Trinajstić information content (AvgIpc) is 3.77. The van der Waals surface area contributed by atoms with Crippen LogP contribution in [0.2, 0.25) is 10.0 Å². The van der Waals surface area contributed by atoms with Gasteiger partial charge in [-0.3, -0.25) is 24.1 Å². The molecule has 2 N–H and O–H groups in total. The predicted molar refractivity (Wildman–Crippen MR) is 179 cm³/mol. The number of halogens is 2. The highest BCUT2D eigenvalue weighted by Crippen LogP contribution is 2.69. The standard InChI is InChI=1S/C34H27Cl2N3O5S2/c1-15-4-2-3-5-22(15)37-24(40)14-44-23-11-8-17(36)12-19(23)25-26-20-13-21(29(26)45-31-30(25)46-34(43)38-31)28-27(20)32(41)39(33(28)42)18-9-6-16(35)7-10-18/h2-12,20-21,25-29H,13-14H2,1H3,(H,37,40)(H,38,43)/t20-,21-,25-,26?,27?,28?,29?/m1/s1. The number of H-pyrrole nitrogens is 1. The number of benzene rings is 3. The Morgan fingerprint density at radius 2 is 1.70 bits per heavy atom. The van der Waals surface area contributed by atoms with Gasteiger partial charge in [0.05, 0.1) is 22.5 Å². The van der Waals surface area contributed by atoms with Crippen LogP contribution in [0.15, 0.2) is 76.6 Å². The maximum absolute atomic E-state index is 14.0. The van der Waals surface area contributed by atoms with E-state index < -0.39 is 11.8 Å². The number of aryl methyl sites for hydroxylation is 1. The Bertz CT molecular complexity index is 1980. The molecule has 46 heavy (non-hydrogen) atoms. The molecule has 2 aliphatic heterocycles. The van der Waals surface area contributed by atoms with Gasteiger partial charge in [-0.2, -0.15) is 0 Å². The van der Waals surface area contributed by atoms with Crippen LogP contribution in [0.5, 0.6) is 5.75 Å². The molecule has 234 valence electrons. The molecule has 3 amide bonds. The zero-order valence-corrected chi connectivity index (χ0v) is 27.5. The van der Waals surface area contributed by atoms with Crippen LogP contribution in [0.25, 0.3) is 0 Å². The van der Waals surface area contributed by atoms with E-state index in [0.717, 1.165) is 38.8 Å². The first kappa shape index (κ1) is 29.8. The summed E-state index contributed by atoms with van der Waals surface area (Å²) in [5.41, 5.74) is 2.94. The van der Waals surface area contributed by atoms with Gasteiger partial charge in [0.2, 0.25) is 11.8 Å². The summed E-state index contributed by atoms with van der Waals surface area (Å²) < 4.78 is 6.18. The molecule has 4 aliphatic rings. The van der Waals surface area contributed by atoms with Crippen molar-refractivity contribution in [2.45, 2.75) is 29.5 Å². The fraction of sp³-hybridized carbons (Fsp3) is 0.294. The molecule has 3 heterocycles. The lowest BCUT2D eigenvalue weighted by Gasteiger charge is -2.43. The molecule has 7 atom stereocenters. The van der Waals surface area contributed by atoms with Gasteiger partial charge in [0.1, 0.15) is 5.75 Å². The van der Waals surface area contributed by atoms with Crippen molar-refractivity contribution in [1.29, 1.82) is 0 Å². The second kappa shape index (κ2) is 11.3. The molecule has 1 aromatic heterocycles. The summed E-state index contributed by atoms with van der Waals surface area (Å²) in [5.74, 6) is -1.56. The molecule has 8 nitrogen and oxygen atoms in total. The van der Waals surface area contributed by atoms with Gasteiger partial charge in [-0.25, -0.2) is 0 Å². The fourth-order valence-corrected chi connectivity index (χ4v) is 11.3. The number of para-hydroxylation sites is 1. The number of nitrogens with one attached hydrogen (secondary N) is 2. The van der Waals surface area contributed by atoms with E-state index in [4.69, 9.17) is 27.9 Å². The molecular weight excluding hydrogens is 665 g/mol. The number of anilines is 2. The van der Waals surface area contributed by atoms with E-state index in [1.165, 1.54) is 4.90 Å². The largest absolute Gasteiger partial charge is 0.483 e. The van der Waals surface area contributed by atoms with E-state index in [2.05, 4.69) is 10.3 Å². The number of hydrogen-bond donors (Lipinski definition) is 2. The van der Waals surface area contributed by atoms with Crippen LogP contribution < -0.4 is 19.8 Å². The molecule has 2 aliphatic carbocycles. The third-order valence-electron chi connectivity index (χ3n) is 9.89. The number of carbonyl (C=O) groups is 3. The van der Waals surface area contributed by atoms with Gasteiger partial charge < -0.3 is 15.0 Å². The van der Waals surface area contributed by atoms with Gasteiger partial charge in [0.25, 0.3) is 5.91 Å². The maximum atomic E-state index is 14.0. The highest BCUT2D eigenvalue weighted by atomic mass is 35.5. The second-order valence-corrected chi connectivity index (χ2v) is 15.4. The molecule has 4 aromatic rings. The monoisotopic (exact) mass is 691 g/mol. The van der Waals surface area contributed by atoms with Crippen LogP contribution in [-0.2, 0) is 14.4 Å². The highest BCUT2D eigenvalue weighted by Gasteiger charge is 2.69. The first-order valence-corrected chi connectivity index (χ1v) is 17.5. The van der Waals surface area contributed by atoms with Crippen LogP contribution in [-0.4, -0.2) is 34.6 Å². The lowest BCUT2D eigenvalue weighted by Crippen LogP contribution is -2.42. The zero-order chi connectivity index (χ0) is 31.9. The van der Waals surface area contributed by atoms with Crippen LogP contribution >= 0.6 is 46.3 Å². The molecule has 1 saturated heterocycles. The van der Waals surface area contributed by atoms with E-state index in [1.54, 1.807) is 48.2 Å². The minimum Gasteiger partial charge on any atom is -0.483 e. The molecule has 0 spiro atoms. The average molecular weight is 693 g/mol. The number of ether oxygens (including phenoxy) is 1. The summed E-state index contributed by atoms with van der Waals surface area (Å²) in [6, 6.07) is 19.6. The number of aromatic nitrogens is 1. The number of aromatic amines is 1. The maximum Gasteiger partial charge on any atom is 0.305 e. The summed E-state index contributed by atoms with van der Waals surface area (Å²) in [6.07, 6.45) is 0.745. The number of hydrogen-bond acceptors (Lipinski definition) is 7. The Labute approximate surface area is 282 Å². The van der Waals surface area contributed by atoms with Crippen molar-refractivity contribution in [2.75, 3.05) is 16.8 Å². The van der Waals surface area contributed by atoms with Gasteiger partial charge >= 0.3 is 4.87 Å². The number of amides is 3. The Balaban J connectivity index is 1.15. The normalized spacial score (nSPS) is 27.4. The van der Waals surface area contributed by atoms with Crippen molar-refractivity contribution >= 4 is 75.4 Å². The molecule has 8 rings (SSSR count). The minimum atomic E-state index is -0.460. The number of imide groups is 1. The minimum absolute atomic E-state index is 0.00731. The van der Waals surface area contributed by atoms with E-state index in [1.807, 2.05) is 37.3 Å². The van der Waals surface area contributed by atoms with Gasteiger partial charge in [0.15, 0.2) is 6.61 Å². The number of rotatable bonds is 6. The second-order valence-electron chi connectivity index (χ2n) is 12.3. The number of carbonyl (C=O) groups excluding carboxylic acids is 3. The summed E-state index contributed by atoms with van der Waals surface area (Å²) in [4.78, 5) is 58.6. The molecular formula is C34H27Cl2N3O5S2. The quantitative estimate of drug-likeness (QED) is 0.217. The van der Waals surface area contributed by atoms with E-state index in [-0.39, 0.29) is 58.1 Å². The smallest absolute Gasteiger partial charge is 0.305 e. The number of thioether (sulfide) groups is 1. The Morgan fingerprint density at radius 1 is 0.978 bits per heavy atom. The summed E-state index contributed by atoms with van der Waals surface area (Å²) in [5, 5.41) is 4.70. The summed E-state index contributed by atoms with van der Waals surface area (Å²) >= 11 is 15.4. The Morgan fingerprint density at radius 3 is 2.46 bits per heavy atom. The van der Waals surface area contributed by atoms with Crippen LogP contribution in [0.1, 0.15) is 28.3 Å². The lowest BCUT2D eigenvalue weighted by atomic mass is 9.68. The van der Waals surface area contributed by atoms with Crippen molar-refractivity contribution < 1.29 is 19.1 Å². The van der Waals surface area contributed by atoms with Crippen molar-refractivity contribution in [2.24, 2.45) is 29.6 Å². The van der Waals surface area contributed by atoms with Crippen molar-refractivity contribution in [3.63, 3.8) is 0 Å². The van der Waals surface area contributed by atoms with E-state index >= 15 is 0 Å². The van der Waals surface area contributed by atoms with E-state index in [0.29, 0.717) is 27.2 Å². The Kier molecular flexibility index (Phi) is 7.32. The molecule has 0 radical (unpaired) electrons. The molecule has 2 bridgehead atoms. The first-order chi connectivity index (χ1) is 22.2. The van der Waals surface area contributed by atoms with Gasteiger partial charge in [-0.15, -0.1) is 11.8 Å². The van der Waals surface area contributed by atoms with Crippen molar-refractivity contribution in [3.05, 3.63) is 102 Å². The van der Waals surface area contributed by atoms with Gasteiger partial charge in [-0.05, 0) is 85.2 Å². The first-order valence-electron chi connectivity index (χ1n) is 15.0. The molecule has 3 fully saturated rings. The Hall–Kier alpha value is -3.57. The highest BCUT2D eigenvalue weighted by molar-refractivity contribution is 8.00. The third kappa shape index (κ3) is 4.72. The topological polar surface area (TPSA) is 109 Å². The summed E-state index contributed by atoms with van der Waals surface area (Å²) in [7, 11) is 0. The number of nitrogens with zero attached hydrogens (tertiary/aromatic N) is 1. The van der Waals surface area contributed by atoms with Crippen LogP contribution in [0, 0.1) is 36.5 Å². The van der Waals surface area contributed by atoms with Crippen molar-refractivity contribution in [1.82, 2.24) is 4.98 Å². The summed E-state index contributed by atoms with van der Waals surface area (Å²) in [6.45, 7) is 1.69. The SMILES string of the molecule is Cc1ccccc1NC(=O)COc1ccc(Cl)cc1[C@H]1c2sc(=O)[nH]c2SC2C1[C@H]1C[C@@H]2C2C(=O)N(c3ccc(Cl)cc3)C(=O)C21. The fourth-order valence-electron chi connectivity index (χ4n) is 8.15. The van der Waals surface area contributed by atoms with Crippen LogP contribution in [0.4, 0.5) is 11.4 Å². The van der Waals surface area contributed by atoms with Crippen LogP contribution in [0.3, 0.4) is 0 Å². The molecule has 2 saturated carbocycles.